The first-order valence-corrected chi connectivity index (χ1v) is 6.95. The number of aromatic hydroxyl groups is 1. The highest BCUT2D eigenvalue weighted by Gasteiger charge is 2.30. The van der Waals surface area contributed by atoms with E-state index in [0.717, 1.165) is 25.7 Å². The number of aliphatic hydroxyl groups excluding tert-OH is 1. The highest BCUT2D eigenvalue weighted by molar-refractivity contribution is 5.33. The summed E-state index contributed by atoms with van der Waals surface area (Å²) in [5.41, 5.74) is 0.519. The van der Waals surface area contributed by atoms with Crippen molar-refractivity contribution >= 4 is 0 Å². The van der Waals surface area contributed by atoms with E-state index in [-0.39, 0.29) is 17.8 Å². The van der Waals surface area contributed by atoms with E-state index in [2.05, 4.69) is 5.32 Å². The largest absolute Gasteiger partial charge is 0.505 e. The maximum atomic E-state index is 13.2. The molecule has 0 radical (unpaired) electrons. The molecule has 1 saturated carbocycles. The second-order valence-electron chi connectivity index (χ2n) is 5.57. The Labute approximate surface area is 113 Å². The normalized spacial score (nSPS) is 18.4. The summed E-state index contributed by atoms with van der Waals surface area (Å²) < 4.78 is 13.2. The van der Waals surface area contributed by atoms with E-state index < -0.39 is 5.82 Å². The minimum absolute atomic E-state index is 0.0405. The second-order valence-corrected chi connectivity index (χ2v) is 5.57. The average Bonchev–Trinajstić information content (AvgIpc) is 2.44. The molecule has 0 spiro atoms. The first kappa shape index (κ1) is 14.3. The van der Waals surface area contributed by atoms with Crippen LogP contribution in [0.5, 0.6) is 5.75 Å². The lowest BCUT2D eigenvalue weighted by Gasteiger charge is -2.35. The van der Waals surface area contributed by atoms with Crippen LogP contribution in [0.3, 0.4) is 0 Å². The van der Waals surface area contributed by atoms with Crippen molar-refractivity contribution in [3.63, 3.8) is 0 Å². The number of hydrogen-bond donors (Lipinski definition) is 3. The zero-order valence-electron chi connectivity index (χ0n) is 11.2. The van der Waals surface area contributed by atoms with Gasteiger partial charge in [0.1, 0.15) is 0 Å². The molecule has 0 aromatic heterocycles. The molecule has 0 heterocycles. The van der Waals surface area contributed by atoms with Crippen molar-refractivity contribution in [3.8, 4) is 5.75 Å². The second kappa shape index (κ2) is 6.35. The number of benzene rings is 1. The molecule has 1 aliphatic rings. The predicted molar refractivity (Wildman–Crippen MR) is 72.4 cm³/mol. The molecule has 1 aromatic rings. The van der Waals surface area contributed by atoms with Crippen molar-refractivity contribution in [1.29, 1.82) is 0 Å². The lowest BCUT2D eigenvalue weighted by molar-refractivity contribution is 0.0810. The Balaban J connectivity index is 1.90. The van der Waals surface area contributed by atoms with Gasteiger partial charge in [0, 0.05) is 30.7 Å². The molecule has 1 aromatic carbocycles. The summed E-state index contributed by atoms with van der Waals surface area (Å²) in [5, 5.41) is 22.4. The van der Waals surface area contributed by atoms with Crippen LogP contribution in [0, 0.1) is 11.2 Å². The van der Waals surface area contributed by atoms with Crippen molar-refractivity contribution < 1.29 is 14.6 Å². The van der Waals surface area contributed by atoms with E-state index in [1.165, 1.54) is 12.5 Å². The fraction of sp³-hybridized carbons (Fsp3) is 0.600. The molecule has 0 unspecified atom stereocenters. The van der Waals surface area contributed by atoms with Crippen LogP contribution in [0.15, 0.2) is 18.2 Å². The third kappa shape index (κ3) is 3.45. The number of para-hydroxylation sites is 1. The van der Waals surface area contributed by atoms with Gasteiger partial charge < -0.3 is 15.5 Å². The fourth-order valence-corrected chi connectivity index (χ4v) is 2.86. The van der Waals surface area contributed by atoms with Crippen LogP contribution in [0.1, 0.15) is 37.7 Å². The van der Waals surface area contributed by atoms with Gasteiger partial charge in [-0.25, -0.2) is 4.39 Å². The number of nitrogens with one attached hydrogen (secondary N) is 1. The lowest BCUT2D eigenvalue weighted by Crippen LogP contribution is -2.38. The molecule has 3 nitrogen and oxygen atoms in total. The minimum atomic E-state index is -0.589. The molecule has 106 valence electrons. The van der Waals surface area contributed by atoms with E-state index >= 15 is 0 Å². The van der Waals surface area contributed by atoms with Gasteiger partial charge in [0.25, 0.3) is 0 Å². The molecule has 3 N–H and O–H groups in total. The third-order valence-electron chi connectivity index (χ3n) is 4.14. The van der Waals surface area contributed by atoms with E-state index in [9.17, 15) is 14.6 Å². The Hall–Kier alpha value is -1.13. The molecule has 0 aliphatic heterocycles. The number of rotatable bonds is 5. The lowest BCUT2D eigenvalue weighted by atomic mass is 9.74. The van der Waals surface area contributed by atoms with Crippen LogP contribution in [-0.2, 0) is 6.54 Å². The van der Waals surface area contributed by atoms with Crippen LogP contribution in [0.2, 0.25) is 0 Å². The third-order valence-corrected chi connectivity index (χ3v) is 4.14. The Bertz CT molecular complexity index is 417. The standard InChI is InChI=1S/C15H22FNO2/c16-13-6-4-5-12(14(13)19)9-17-10-15(11-18)7-2-1-3-8-15/h4-6,17-19H,1-3,7-11H2. The molecule has 19 heavy (non-hydrogen) atoms. The summed E-state index contributed by atoms with van der Waals surface area (Å²) in [6.07, 6.45) is 5.63. The van der Waals surface area contributed by atoms with Crippen molar-refractivity contribution in [1.82, 2.24) is 5.32 Å². The Morgan fingerprint density at radius 1 is 1.21 bits per heavy atom. The summed E-state index contributed by atoms with van der Waals surface area (Å²) in [7, 11) is 0. The Morgan fingerprint density at radius 3 is 2.63 bits per heavy atom. The van der Waals surface area contributed by atoms with E-state index in [1.54, 1.807) is 12.1 Å². The van der Waals surface area contributed by atoms with Crippen molar-refractivity contribution in [2.75, 3.05) is 13.2 Å². The summed E-state index contributed by atoms with van der Waals surface area (Å²) in [4.78, 5) is 0. The van der Waals surface area contributed by atoms with Gasteiger partial charge in [0.15, 0.2) is 11.6 Å². The first-order chi connectivity index (χ1) is 9.17. The molecule has 0 atom stereocenters. The van der Waals surface area contributed by atoms with Gasteiger partial charge in [-0.05, 0) is 18.9 Å². The molecular formula is C15H22FNO2. The molecule has 1 aliphatic carbocycles. The summed E-state index contributed by atoms with van der Waals surface area (Å²) in [5.74, 6) is -0.870. The maximum absolute atomic E-state index is 13.2. The van der Waals surface area contributed by atoms with Crippen LogP contribution < -0.4 is 5.32 Å². The highest BCUT2D eigenvalue weighted by Crippen LogP contribution is 2.35. The Morgan fingerprint density at radius 2 is 1.95 bits per heavy atom. The van der Waals surface area contributed by atoms with Gasteiger partial charge in [0.05, 0.1) is 0 Å². The summed E-state index contributed by atoms with van der Waals surface area (Å²) >= 11 is 0. The SMILES string of the molecule is OCC1(CNCc2cccc(F)c2O)CCCCC1. The van der Waals surface area contributed by atoms with Crippen LogP contribution in [-0.4, -0.2) is 23.4 Å². The topological polar surface area (TPSA) is 52.5 Å². The zero-order valence-corrected chi connectivity index (χ0v) is 11.2. The molecule has 1 fully saturated rings. The quantitative estimate of drug-likeness (QED) is 0.768. The van der Waals surface area contributed by atoms with Gasteiger partial charge in [0.2, 0.25) is 0 Å². The average molecular weight is 267 g/mol. The zero-order chi connectivity index (χ0) is 13.7. The predicted octanol–water partition coefficient (Wildman–Crippen LogP) is 2.56. The minimum Gasteiger partial charge on any atom is -0.505 e. The van der Waals surface area contributed by atoms with Crippen LogP contribution >= 0.6 is 0 Å². The molecule has 4 heteroatoms. The maximum Gasteiger partial charge on any atom is 0.165 e. The van der Waals surface area contributed by atoms with Crippen molar-refractivity contribution in [3.05, 3.63) is 29.6 Å². The summed E-state index contributed by atoms with van der Waals surface area (Å²) in [6, 6.07) is 4.54. The number of phenols is 1. The molecule has 2 rings (SSSR count). The van der Waals surface area contributed by atoms with Crippen LogP contribution in [0.25, 0.3) is 0 Å². The number of aliphatic hydroxyl groups is 1. The van der Waals surface area contributed by atoms with Gasteiger partial charge in [-0.3, -0.25) is 0 Å². The molecule has 0 saturated heterocycles. The van der Waals surface area contributed by atoms with E-state index in [0.29, 0.717) is 18.7 Å². The number of phenolic OH excluding ortho intramolecular Hbond substituents is 1. The van der Waals surface area contributed by atoms with Gasteiger partial charge in [-0.15, -0.1) is 0 Å². The first-order valence-electron chi connectivity index (χ1n) is 6.95. The molecule has 0 bridgehead atoms. The summed E-state index contributed by atoms with van der Waals surface area (Å²) in [6.45, 7) is 1.32. The fourth-order valence-electron chi connectivity index (χ4n) is 2.86. The smallest absolute Gasteiger partial charge is 0.165 e. The van der Waals surface area contributed by atoms with Gasteiger partial charge in [-0.2, -0.15) is 0 Å². The van der Waals surface area contributed by atoms with Gasteiger partial charge >= 0.3 is 0 Å². The van der Waals surface area contributed by atoms with E-state index in [1.807, 2.05) is 0 Å². The molecular weight excluding hydrogens is 245 g/mol. The monoisotopic (exact) mass is 267 g/mol. The van der Waals surface area contributed by atoms with Crippen molar-refractivity contribution in [2.24, 2.45) is 5.41 Å². The number of hydrogen-bond acceptors (Lipinski definition) is 3. The van der Waals surface area contributed by atoms with E-state index in [4.69, 9.17) is 0 Å². The highest BCUT2D eigenvalue weighted by atomic mass is 19.1. The van der Waals surface area contributed by atoms with Crippen molar-refractivity contribution in [2.45, 2.75) is 38.6 Å². The number of halogens is 1. The Kier molecular flexibility index (Phi) is 4.77. The van der Waals surface area contributed by atoms with Gasteiger partial charge in [-0.1, -0.05) is 31.4 Å². The molecule has 0 amide bonds. The van der Waals surface area contributed by atoms with Crippen LogP contribution in [0.4, 0.5) is 4.39 Å².